The van der Waals surface area contributed by atoms with E-state index in [2.05, 4.69) is 10.0 Å². The Balaban J connectivity index is 1.51. The lowest BCUT2D eigenvalue weighted by molar-refractivity contribution is 0.102. The summed E-state index contributed by atoms with van der Waals surface area (Å²) in [6.45, 7) is 6.41. The van der Waals surface area contributed by atoms with Crippen molar-refractivity contribution in [1.82, 2.24) is 4.31 Å². The number of rotatable bonds is 7. The van der Waals surface area contributed by atoms with Crippen LogP contribution in [0, 0.1) is 20.8 Å². The maximum Gasteiger partial charge on any atom is 0.261 e. The first kappa shape index (κ1) is 27.8. The summed E-state index contributed by atoms with van der Waals surface area (Å²) in [5, 5.41) is 2.75. The van der Waals surface area contributed by atoms with Crippen LogP contribution in [-0.2, 0) is 20.0 Å². The van der Waals surface area contributed by atoms with Crippen molar-refractivity contribution in [3.05, 3.63) is 82.9 Å². The molecule has 0 bridgehead atoms. The van der Waals surface area contributed by atoms with Crippen LogP contribution in [0.4, 0.5) is 11.4 Å². The molecular formula is C28H33N3O5S2. The van der Waals surface area contributed by atoms with Crippen LogP contribution < -0.4 is 10.0 Å². The summed E-state index contributed by atoms with van der Waals surface area (Å²) >= 11 is 0. The zero-order chi connectivity index (χ0) is 27.5. The molecule has 38 heavy (non-hydrogen) atoms. The third-order valence-electron chi connectivity index (χ3n) is 6.72. The van der Waals surface area contributed by atoms with Gasteiger partial charge in [-0.1, -0.05) is 31.0 Å². The van der Waals surface area contributed by atoms with Gasteiger partial charge in [0.05, 0.1) is 15.5 Å². The highest BCUT2D eigenvalue weighted by Crippen LogP contribution is 2.25. The van der Waals surface area contributed by atoms with E-state index in [0.29, 0.717) is 30.0 Å². The van der Waals surface area contributed by atoms with E-state index >= 15 is 0 Å². The van der Waals surface area contributed by atoms with Gasteiger partial charge in [0.1, 0.15) is 0 Å². The molecule has 0 aliphatic carbocycles. The Morgan fingerprint density at radius 3 is 2.00 bits per heavy atom. The Morgan fingerprint density at radius 2 is 1.34 bits per heavy atom. The molecule has 0 aromatic heterocycles. The van der Waals surface area contributed by atoms with E-state index in [1.807, 2.05) is 26.0 Å². The minimum absolute atomic E-state index is 0.0538. The number of carbonyl (C=O) groups is 1. The monoisotopic (exact) mass is 555 g/mol. The lowest BCUT2D eigenvalue weighted by Crippen LogP contribution is -2.32. The number of anilines is 2. The minimum atomic E-state index is -3.83. The molecule has 1 amide bonds. The largest absolute Gasteiger partial charge is 0.322 e. The van der Waals surface area contributed by atoms with Crippen molar-refractivity contribution >= 4 is 37.3 Å². The minimum Gasteiger partial charge on any atom is -0.322 e. The average molecular weight is 556 g/mol. The molecule has 0 saturated carbocycles. The first-order valence-corrected chi connectivity index (χ1v) is 15.5. The molecule has 0 atom stereocenters. The van der Waals surface area contributed by atoms with Crippen LogP contribution in [0.1, 0.15) is 52.7 Å². The van der Waals surface area contributed by atoms with Gasteiger partial charge in [-0.05, 0) is 92.8 Å². The first-order valence-electron chi connectivity index (χ1n) is 12.6. The molecule has 202 valence electrons. The van der Waals surface area contributed by atoms with Crippen molar-refractivity contribution in [3.8, 4) is 0 Å². The standard InChI is InChI=1S/C28H33N3O5S2/c1-20-8-9-22(3)27(18-20)30-37(33,34)24-14-11-23(12-15-24)29-28(32)26-19-25(13-10-21(26)2)38(35,36)31-16-6-4-5-7-17-31/h8-15,18-19,30H,4-7,16-17H2,1-3H3,(H,29,32). The van der Waals surface area contributed by atoms with Crippen LogP contribution in [0.5, 0.6) is 0 Å². The van der Waals surface area contributed by atoms with Crippen LogP contribution >= 0.6 is 0 Å². The Hall–Kier alpha value is -3.21. The van der Waals surface area contributed by atoms with E-state index in [1.165, 1.54) is 40.7 Å². The Bertz CT molecular complexity index is 1540. The van der Waals surface area contributed by atoms with Crippen LogP contribution in [0.2, 0.25) is 0 Å². The van der Waals surface area contributed by atoms with E-state index in [1.54, 1.807) is 19.1 Å². The van der Waals surface area contributed by atoms with Gasteiger partial charge >= 0.3 is 0 Å². The summed E-state index contributed by atoms with van der Waals surface area (Å²) in [6, 6.07) is 15.9. The number of benzene rings is 3. The number of carbonyl (C=O) groups excluding carboxylic acids is 1. The SMILES string of the molecule is Cc1ccc(C)c(NS(=O)(=O)c2ccc(NC(=O)c3cc(S(=O)(=O)N4CCCCCC4)ccc3C)cc2)c1. The molecule has 8 nitrogen and oxygen atoms in total. The number of hydrogen-bond acceptors (Lipinski definition) is 5. The molecule has 1 heterocycles. The van der Waals surface area contributed by atoms with Gasteiger partial charge in [-0.25, -0.2) is 16.8 Å². The Morgan fingerprint density at radius 1 is 0.737 bits per heavy atom. The average Bonchev–Trinajstić information content (AvgIpc) is 3.17. The summed E-state index contributed by atoms with van der Waals surface area (Å²) in [5.74, 6) is -0.473. The summed E-state index contributed by atoms with van der Waals surface area (Å²) in [4.78, 5) is 13.2. The van der Waals surface area contributed by atoms with E-state index in [0.717, 1.165) is 36.8 Å². The predicted molar refractivity (Wildman–Crippen MR) is 150 cm³/mol. The van der Waals surface area contributed by atoms with E-state index < -0.39 is 26.0 Å². The van der Waals surface area contributed by atoms with Crippen LogP contribution in [0.25, 0.3) is 0 Å². The topological polar surface area (TPSA) is 113 Å². The van der Waals surface area contributed by atoms with Crippen LogP contribution in [0.3, 0.4) is 0 Å². The van der Waals surface area contributed by atoms with Gasteiger partial charge < -0.3 is 5.32 Å². The smallest absolute Gasteiger partial charge is 0.261 e. The van der Waals surface area contributed by atoms with Crippen molar-refractivity contribution in [2.24, 2.45) is 0 Å². The maximum atomic E-state index is 13.2. The fraction of sp³-hybridized carbons (Fsp3) is 0.321. The number of hydrogen-bond donors (Lipinski definition) is 2. The number of aryl methyl sites for hydroxylation is 3. The molecule has 0 spiro atoms. The maximum absolute atomic E-state index is 13.2. The third kappa shape index (κ3) is 6.25. The second kappa shape index (κ2) is 11.3. The van der Waals surface area contributed by atoms with E-state index in [9.17, 15) is 21.6 Å². The van der Waals surface area contributed by atoms with Crippen molar-refractivity contribution in [2.45, 2.75) is 56.2 Å². The van der Waals surface area contributed by atoms with E-state index in [-0.39, 0.29) is 15.4 Å². The van der Waals surface area contributed by atoms with Gasteiger partial charge in [0, 0.05) is 24.3 Å². The van der Waals surface area contributed by atoms with Crippen molar-refractivity contribution in [2.75, 3.05) is 23.1 Å². The molecule has 0 unspecified atom stereocenters. The summed E-state index contributed by atoms with van der Waals surface area (Å²) < 4.78 is 56.3. The first-order chi connectivity index (χ1) is 18.0. The van der Waals surface area contributed by atoms with Crippen molar-refractivity contribution < 1.29 is 21.6 Å². The number of amides is 1. The Kier molecular flexibility index (Phi) is 8.25. The Labute approximate surface area is 225 Å². The quantitative estimate of drug-likeness (QED) is 0.415. The zero-order valence-electron chi connectivity index (χ0n) is 21.8. The second-order valence-electron chi connectivity index (χ2n) is 9.70. The molecule has 3 aromatic carbocycles. The number of sulfonamides is 2. The summed E-state index contributed by atoms with van der Waals surface area (Å²) in [6.07, 6.45) is 3.67. The molecule has 1 fully saturated rings. The molecule has 3 aromatic rings. The molecule has 1 saturated heterocycles. The number of nitrogens with one attached hydrogen (secondary N) is 2. The highest BCUT2D eigenvalue weighted by Gasteiger charge is 2.26. The van der Waals surface area contributed by atoms with Gasteiger partial charge in [0.2, 0.25) is 10.0 Å². The van der Waals surface area contributed by atoms with E-state index in [4.69, 9.17) is 0 Å². The number of nitrogens with zero attached hydrogens (tertiary/aromatic N) is 1. The van der Waals surface area contributed by atoms with Crippen molar-refractivity contribution in [1.29, 1.82) is 0 Å². The predicted octanol–water partition coefficient (Wildman–Crippen LogP) is 5.23. The molecule has 2 N–H and O–H groups in total. The lowest BCUT2D eigenvalue weighted by Gasteiger charge is -2.20. The summed E-state index contributed by atoms with van der Waals surface area (Å²) in [7, 11) is -7.53. The van der Waals surface area contributed by atoms with Gasteiger partial charge in [0.25, 0.3) is 15.9 Å². The normalized spacial score (nSPS) is 15.0. The zero-order valence-corrected chi connectivity index (χ0v) is 23.5. The van der Waals surface area contributed by atoms with Crippen LogP contribution in [-0.4, -0.2) is 40.1 Å². The lowest BCUT2D eigenvalue weighted by atomic mass is 10.1. The molecule has 10 heteroatoms. The second-order valence-corrected chi connectivity index (χ2v) is 13.3. The van der Waals surface area contributed by atoms with Gasteiger partial charge in [0.15, 0.2) is 0 Å². The third-order valence-corrected chi connectivity index (χ3v) is 9.99. The molecule has 1 aliphatic heterocycles. The fourth-order valence-corrected chi connectivity index (χ4v) is 7.07. The van der Waals surface area contributed by atoms with Crippen molar-refractivity contribution in [3.63, 3.8) is 0 Å². The molecule has 4 rings (SSSR count). The molecule has 1 aliphatic rings. The van der Waals surface area contributed by atoms with Gasteiger partial charge in [-0.3, -0.25) is 9.52 Å². The van der Waals surface area contributed by atoms with Gasteiger partial charge in [-0.2, -0.15) is 4.31 Å². The van der Waals surface area contributed by atoms with Gasteiger partial charge in [-0.15, -0.1) is 0 Å². The highest BCUT2D eigenvalue weighted by atomic mass is 32.2. The fourth-order valence-electron chi connectivity index (χ4n) is 4.40. The molecular weight excluding hydrogens is 522 g/mol. The summed E-state index contributed by atoms with van der Waals surface area (Å²) in [5.41, 5.74) is 3.51. The molecule has 0 radical (unpaired) electrons. The van der Waals surface area contributed by atoms with Crippen LogP contribution in [0.15, 0.2) is 70.5 Å². The highest BCUT2D eigenvalue weighted by molar-refractivity contribution is 7.92.